The highest BCUT2D eigenvalue weighted by Gasteiger charge is 2.37. The molecule has 0 N–H and O–H groups in total. The molecular formula is C33H26NO2PS. The Morgan fingerprint density at radius 1 is 0.579 bits per heavy atom. The third-order valence-corrected chi connectivity index (χ3v) is 13.8. The number of nitriles is 1. The molecule has 0 radical (unpaired) electrons. The van der Waals surface area contributed by atoms with Gasteiger partial charge in [-0.15, -0.1) is 0 Å². The molecule has 38 heavy (non-hydrogen) atoms. The van der Waals surface area contributed by atoms with Gasteiger partial charge in [0.1, 0.15) is 0 Å². The second kappa shape index (κ2) is 11.1. The van der Waals surface area contributed by atoms with Crippen molar-refractivity contribution in [3.63, 3.8) is 0 Å². The third kappa shape index (κ3) is 4.87. The Kier molecular flexibility index (Phi) is 7.43. The number of hydrogen-bond donors (Lipinski definition) is 0. The molecule has 5 rings (SSSR count). The molecule has 0 aliphatic carbocycles. The number of hydrogen-bond acceptors (Lipinski definition) is 3. The van der Waals surface area contributed by atoms with Crippen LogP contribution in [0.4, 0.5) is 0 Å². The Morgan fingerprint density at radius 3 is 1.37 bits per heavy atom. The highest BCUT2D eigenvalue weighted by Crippen LogP contribution is 2.49. The summed E-state index contributed by atoms with van der Waals surface area (Å²) in [4.78, 5) is 0. The van der Waals surface area contributed by atoms with Crippen molar-refractivity contribution >= 4 is 37.3 Å². The quantitative estimate of drug-likeness (QED) is 0.255. The van der Waals surface area contributed by atoms with Crippen molar-refractivity contribution in [3.05, 3.63) is 162 Å². The molecule has 0 heterocycles. The molecule has 0 amide bonds. The number of sulfone groups is 1. The van der Waals surface area contributed by atoms with E-state index in [0.717, 1.165) is 21.5 Å². The summed E-state index contributed by atoms with van der Waals surface area (Å²) in [6.07, 6.45) is 0. The zero-order valence-corrected chi connectivity index (χ0v) is 22.4. The highest BCUT2D eigenvalue weighted by atomic mass is 32.2. The topological polar surface area (TPSA) is 57.9 Å². The van der Waals surface area contributed by atoms with Crippen LogP contribution < -0.4 is 15.9 Å². The molecule has 0 saturated carbocycles. The van der Waals surface area contributed by atoms with Gasteiger partial charge in [-0.2, -0.15) is 5.26 Å². The Hall–Kier alpha value is -4.16. The van der Waals surface area contributed by atoms with Gasteiger partial charge < -0.3 is 0 Å². The summed E-state index contributed by atoms with van der Waals surface area (Å²) >= 11 is 0. The molecule has 3 nitrogen and oxygen atoms in total. The number of nitrogens with zero attached hydrogens (tertiary/aromatic N) is 1. The maximum atomic E-state index is 14.7. The Bertz CT molecular complexity index is 1620. The van der Waals surface area contributed by atoms with E-state index in [4.69, 9.17) is 0 Å². The van der Waals surface area contributed by atoms with Gasteiger partial charge in [-0.3, -0.25) is 0 Å². The van der Waals surface area contributed by atoms with Crippen molar-refractivity contribution in [2.45, 2.75) is 5.75 Å². The maximum absolute atomic E-state index is 14.7. The monoisotopic (exact) mass is 531 g/mol. The van der Waals surface area contributed by atoms with Gasteiger partial charge in [0, 0.05) is 0 Å². The minimum absolute atomic E-state index is 0.128. The molecule has 186 valence electrons. The first kappa shape index (κ1) is 25.5. The number of rotatable bonds is 7. The molecule has 0 aliphatic heterocycles. The third-order valence-electron chi connectivity index (χ3n) is 6.49. The van der Waals surface area contributed by atoms with E-state index in [0.29, 0.717) is 15.8 Å². The van der Waals surface area contributed by atoms with Crippen LogP contribution in [-0.2, 0) is 15.6 Å². The van der Waals surface area contributed by atoms with E-state index in [1.807, 2.05) is 121 Å². The van der Waals surface area contributed by atoms with Crippen molar-refractivity contribution in [3.8, 4) is 6.07 Å². The van der Waals surface area contributed by atoms with Crippen molar-refractivity contribution < 1.29 is 8.42 Å². The largest absolute Gasteiger partial charge is 0.223 e. The normalized spacial score (nSPS) is 11.4. The molecule has 0 saturated heterocycles. The summed E-state index contributed by atoms with van der Waals surface area (Å²) < 4.78 is 29.9. The summed E-state index contributed by atoms with van der Waals surface area (Å²) in [7, 11) is -3.87. The Labute approximate surface area is 224 Å². The SMILES string of the molecule is N#Cc1ccc(C(=P(c2ccccc2)(c2ccccc2)c2ccccc2)S(=O)(=O)Cc2ccccc2)cc1. The van der Waals surface area contributed by atoms with Gasteiger partial charge in [-0.05, 0) is 46.1 Å². The van der Waals surface area contributed by atoms with Crippen LogP contribution in [0.2, 0.25) is 0 Å². The van der Waals surface area contributed by atoms with Crippen LogP contribution in [-0.4, -0.2) is 13.0 Å². The lowest BCUT2D eigenvalue weighted by atomic mass is 10.2. The molecule has 0 aromatic heterocycles. The molecular weight excluding hydrogens is 505 g/mol. The second-order valence-electron chi connectivity index (χ2n) is 8.92. The molecule has 5 aromatic rings. The van der Waals surface area contributed by atoms with Gasteiger partial charge in [-0.25, -0.2) is 8.42 Å². The van der Waals surface area contributed by atoms with E-state index >= 15 is 0 Å². The molecule has 0 atom stereocenters. The van der Waals surface area contributed by atoms with Gasteiger partial charge >= 0.3 is 0 Å². The minimum atomic E-state index is -3.87. The van der Waals surface area contributed by atoms with Crippen molar-refractivity contribution in [2.75, 3.05) is 0 Å². The van der Waals surface area contributed by atoms with E-state index in [2.05, 4.69) is 6.07 Å². The van der Waals surface area contributed by atoms with Crippen LogP contribution in [0, 0.1) is 11.3 Å². The smallest absolute Gasteiger partial charge is 0.184 e. The Morgan fingerprint density at radius 2 is 0.974 bits per heavy atom. The summed E-state index contributed by atoms with van der Waals surface area (Å²) in [6, 6.07) is 48.3. The van der Waals surface area contributed by atoms with E-state index in [9.17, 15) is 13.7 Å². The van der Waals surface area contributed by atoms with Gasteiger partial charge in [0.05, 0.1) is 22.0 Å². The highest BCUT2D eigenvalue weighted by molar-refractivity contribution is 8.20. The standard InChI is InChI=1S/C33H26NO2PS/c34-25-27-21-23-29(24-22-27)33(38(35,36)26-28-13-5-1-6-14-28)37(30-15-7-2-8-16-30,31-17-9-3-10-18-31)32-19-11-4-12-20-32/h1-24H,26H2. The average molecular weight is 532 g/mol. The lowest BCUT2D eigenvalue weighted by Crippen LogP contribution is -2.34. The van der Waals surface area contributed by atoms with Gasteiger partial charge in [-0.1, -0.05) is 133 Å². The van der Waals surface area contributed by atoms with Crippen LogP contribution in [0.25, 0.3) is 0 Å². The molecule has 5 heteroatoms. The lowest BCUT2D eigenvalue weighted by molar-refractivity contribution is 0.607. The van der Waals surface area contributed by atoms with Gasteiger partial charge in [0.25, 0.3) is 0 Å². The van der Waals surface area contributed by atoms with Crippen LogP contribution in [0.5, 0.6) is 0 Å². The van der Waals surface area contributed by atoms with E-state index in [-0.39, 0.29) is 5.75 Å². The summed E-state index contributed by atoms with van der Waals surface area (Å²) in [5.41, 5.74) is 1.81. The van der Waals surface area contributed by atoms with Gasteiger partial charge in [0.2, 0.25) is 0 Å². The van der Waals surface area contributed by atoms with Crippen molar-refractivity contribution in [2.24, 2.45) is 0 Å². The summed E-state index contributed by atoms with van der Waals surface area (Å²) in [6.45, 7) is -2.92. The van der Waals surface area contributed by atoms with Crippen molar-refractivity contribution in [1.29, 1.82) is 5.26 Å². The van der Waals surface area contributed by atoms with Crippen LogP contribution in [0.1, 0.15) is 16.7 Å². The van der Waals surface area contributed by atoms with E-state index in [1.54, 1.807) is 24.3 Å². The van der Waals surface area contributed by atoms with E-state index in [1.165, 1.54) is 0 Å². The maximum Gasteiger partial charge on any atom is 0.184 e. The lowest BCUT2D eigenvalue weighted by Gasteiger charge is -2.33. The molecule has 0 bridgehead atoms. The predicted octanol–water partition coefficient (Wildman–Crippen LogP) is 5.65. The van der Waals surface area contributed by atoms with Crippen molar-refractivity contribution in [1.82, 2.24) is 0 Å². The second-order valence-corrected chi connectivity index (χ2v) is 14.5. The van der Waals surface area contributed by atoms with Crippen LogP contribution >= 0.6 is 6.89 Å². The number of benzene rings is 5. The summed E-state index contributed by atoms with van der Waals surface area (Å²) in [5.74, 6) is -0.128. The summed E-state index contributed by atoms with van der Waals surface area (Å²) in [5, 5.41) is 12.3. The first-order chi connectivity index (χ1) is 18.6. The van der Waals surface area contributed by atoms with Crippen LogP contribution in [0.15, 0.2) is 146 Å². The minimum Gasteiger partial charge on any atom is -0.223 e. The van der Waals surface area contributed by atoms with Gasteiger partial charge in [0.15, 0.2) is 9.84 Å². The average Bonchev–Trinajstić information content (AvgIpc) is 2.97. The Balaban J connectivity index is 2.03. The van der Waals surface area contributed by atoms with Crippen LogP contribution in [0.3, 0.4) is 0 Å². The zero-order valence-electron chi connectivity index (χ0n) is 20.7. The molecule has 5 aromatic carbocycles. The fraction of sp³-hybridized carbons (Fsp3) is 0.0303. The predicted molar refractivity (Wildman–Crippen MR) is 159 cm³/mol. The first-order valence-corrected chi connectivity index (χ1v) is 15.7. The molecule has 0 unspecified atom stereocenters. The molecule has 0 aliphatic rings. The molecule has 0 fully saturated rings. The molecule has 0 spiro atoms. The first-order valence-electron chi connectivity index (χ1n) is 12.3. The zero-order chi connectivity index (χ0) is 26.4. The fourth-order valence-electron chi connectivity index (χ4n) is 4.88. The fourth-order valence-corrected chi connectivity index (χ4v) is 13.0. The van der Waals surface area contributed by atoms with E-state index < -0.39 is 16.7 Å².